The third-order valence-electron chi connectivity index (χ3n) is 6.34. The Morgan fingerprint density at radius 2 is 1.68 bits per heavy atom. The van der Waals surface area contributed by atoms with Crippen molar-refractivity contribution in [2.24, 2.45) is 0 Å². The number of H-pyrrole nitrogens is 1. The van der Waals surface area contributed by atoms with E-state index in [4.69, 9.17) is 14.2 Å². The normalized spacial score (nSPS) is 27.7. The van der Waals surface area contributed by atoms with Gasteiger partial charge in [0.25, 0.3) is 5.56 Å². The molecule has 34 heavy (non-hydrogen) atoms. The summed E-state index contributed by atoms with van der Waals surface area (Å²) in [5, 5.41) is 11.4. The molecule has 0 bridgehead atoms. The third kappa shape index (κ3) is 4.05. The van der Waals surface area contributed by atoms with Gasteiger partial charge in [-0.3, -0.25) is 14.3 Å². The number of benzene rings is 2. The second kappa shape index (κ2) is 9.15. The Kier molecular flexibility index (Phi) is 6.05. The van der Waals surface area contributed by atoms with Crippen LogP contribution in [0.3, 0.4) is 0 Å². The van der Waals surface area contributed by atoms with Crippen LogP contribution in [0.4, 0.5) is 0 Å². The average molecular weight is 463 g/mol. The molecule has 2 aliphatic rings. The number of ether oxygens (including phenoxy) is 3. The van der Waals surface area contributed by atoms with Crippen molar-refractivity contribution >= 4 is 0 Å². The van der Waals surface area contributed by atoms with Crippen molar-refractivity contribution in [1.29, 1.82) is 0 Å². The van der Waals surface area contributed by atoms with E-state index in [1.807, 2.05) is 66.7 Å². The number of nitrogens with zero attached hydrogens (tertiary/aromatic N) is 1. The largest absolute Gasteiger partial charge is 0.385 e. The molecule has 176 valence electrons. The molecule has 1 aliphatic carbocycles. The summed E-state index contributed by atoms with van der Waals surface area (Å²) < 4.78 is 19.9. The second-order valence-corrected chi connectivity index (χ2v) is 8.62. The van der Waals surface area contributed by atoms with Gasteiger partial charge in [-0.2, -0.15) is 0 Å². The number of aromatic amines is 1. The summed E-state index contributed by atoms with van der Waals surface area (Å²) in [5.74, 6) is 0. The summed E-state index contributed by atoms with van der Waals surface area (Å²) in [6, 6.07) is 19.4. The first-order valence-corrected chi connectivity index (χ1v) is 11.2. The van der Waals surface area contributed by atoms with Crippen LogP contribution in [0.1, 0.15) is 22.9 Å². The van der Waals surface area contributed by atoms with Gasteiger partial charge in [0.1, 0.15) is 23.9 Å². The number of nitrogens with one attached hydrogen (secondary N) is 1. The number of aliphatic hydroxyl groups is 1. The summed E-state index contributed by atoms with van der Waals surface area (Å²) in [5.41, 5.74) is -0.104. The lowest BCUT2D eigenvalue weighted by Crippen LogP contribution is -2.49. The molecular weight excluding hydrogens is 436 g/mol. The molecule has 8 nitrogen and oxygen atoms in total. The highest BCUT2D eigenvalue weighted by atomic mass is 16.6. The third-order valence-corrected chi connectivity index (χ3v) is 6.34. The molecule has 0 spiro atoms. The molecule has 2 heterocycles. The van der Waals surface area contributed by atoms with Crippen LogP contribution in [0.25, 0.3) is 0 Å². The predicted molar refractivity (Wildman–Crippen MR) is 124 cm³/mol. The number of aromatic nitrogens is 2. The first-order valence-electron chi connectivity index (χ1n) is 11.2. The molecule has 3 aromatic rings. The number of rotatable bonds is 7. The standard InChI is InChI=1S/C26H26N2O6/c1-17-14-28(25(31)27-23(17)30)24-21(29)26(33-16-19-10-6-3-7-11-19)13-12-20(22(26)34-24)32-15-18-8-4-2-5-9-18/h2-14,20-22,24,29H,15-16H2,1H3,(H,27,30,31)/t20-,21+,22-,24-,26-/m1/s1. The van der Waals surface area contributed by atoms with Crippen molar-refractivity contribution < 1.29 is 19.3 Å². The van der Waals surface area contributed by atoms with Crippen LogP contribution in [-0.2, 0) is 27.4 Å². The van der Waals surface area contributed by atoms with Crippen molar-refractivity contribution in [3.63, 3.8) is 0 Å². The fraction of sp³-hybridized carbons (Fsp3) is 0.308. The maximum atomic E-state index is 12.5. The van der Waals surface area contributed by atoms with Crippen LogP contribution < -0.4 is 11.2 Å². The van der Waals surface area contributed by atoms with Gasteiger partial charge in [0, 0.05) is 11.8 Å². The topological polar surface area (TPSA) is 103 Å². The molecule has 1 aromatic heterocycles. The Bertz CT molecular complexity index is 1290. The van der Waals surface area contributed by atoms with Gasteiger partial charge in [-0.05, 0) is 24.1 Å². The van der Waals surface area contributed by atoms with Gasteiger partial charge in [-0.15, -0.1) is 0 Å². The Morgan fingerprint density at radius 3 is 2.35 bits per heavy atom. The van der Waals surface area contributed by atoms with Crippen LogP contribution in [0.2, 0.25) is 0 Å². The molecule has 0 amide bonds. The summed E-state index contributed by atoms with van der Waals surface area (Å²) in [6.07, 6.45) is 1.52. The highest BCUT2D eigenvalue weighted by molar-refractivity contribution is 5.28. The quantitative estimate of drug-likeness (QED) is 0.522. The molecule has 0 saturated carbocycles. The minimum Gasteiger partial charge on any atom is -0.385 e. The SMILES string of the molecule is Cc1cn([C@@H]2O[C@@H]3[C@H](OCc4ccccc4)C=C[C@@]3(OCc3ccccc3)[C@H]2O)c(=O)[nH]c1=O. The molecule has 8 heteroatoms. The van der Waals surface area contributed by atoms with Gasteiger partial charge >= 0.3 is 5.69 Å². The van der Waals surface area contributed by atoms with Gasteiger partial charge in [-0.25, -0.2) is 4.79 Å². The molecule has 5 rings (SSSR count). The smallest absolute Gasteiger partial charge is 0.330 e. The van der Waals surface area contributed by atoms with E-state index < -0.39 is 41.4 Å². The van der Waals surface area contributed by atoms with E-state index in [-0.39, 0.29) is 6.61 Å². The van der Waals surface area contributed by atoms with E-state index in [0.29, 0.717) is 12.2 Å². The number of hydrogen-bond donors (Lipinski definition) is 2. The van der Waals surface area contributed by atoms with E-state index in [0.717, 1.165) is 11.1 Å². The molecule has 2 N–H and O–H groups in total. The highest BCUT2D eigenvalue weighted by Crippen LogP contribution is 2.46. The van der Waals surface area contributed by atoms with E-state index in [1.54, 1.807) is 13.0 Å². The lowest BCUT2D eigenvalue weighted by atomic mass is 9.94. The average Bonchev–Trinajstić information content (AvgIpc) is 3.34. The Hall–Kier alpha value is -3.30. The van der Waals surface area contributed by atoms with Gasteiger partial charge in [0.2, 0.25) is 0 Å². The second-order valence-electron chi connectivity index (χ2n) is 8.62. The van der Waals surface area contributed by atoms with Crippen molar-refractivity contribution in [3.05, 3.63) is 117 Å². The molecule has 1 aliphatic heterocycles. The number of aryl methyl sites for hydroxylation is 1. The molecule has 1 fully saturated rings. The fourth-order valence-electron chi connectivity index (χ4n) is 4.50. The zero-order chi connectivity index (χ0) is 23.7. The first kappa shape index (κ1) is 22.5. The number of fused-ring (bicyclic) bond motifs is 1. The van der Waals surface area contributed by atoms with Crippen LogP contribution >= 0.6 is 0 Å². The maximum absolute atomic E-state index is 12.5. The minimum atomic E-state index is -1.23. The molecule has 5 atom stereocenters. The number of aliphatic hydroxyl groups excluding tert-OH is 1. The van der Waals surface area contributed by atoms with Crippen LogP contribution in [-0.4, -0.2) is 38.6 Å². The summed E-state index contributed by atoms with van der Waals surface area (Å²) >= 11 is 0. The van der Waals surface area contributed by atoms with Gasteiger partial charge < -0.3 is 19.3 Å². The van der Waals surface area contributed by atoms with E-state index >= 15 is 0 Å². The summed E-state index contributed by atoms with van der Waals surface area (Å²) in [7, 11) is 0. The fourth-order valence-corrected chi connectivity index (χ4v) is 4.50. The summed E-state index contributed by atoms with van der Waals surface area (Å²) in [6.45, 7) is 2.17. The molecule has 0 unspecified atom stereocenters. The molecule has 1 saturated heterocycles. The van der Waals surface area contributed by atoms with E-state index in [9.17, 15) is 14.7 Å². The molecule has 2 aromatic carbocycles. The monoisotopic (exact) mass is 462 g/mol. The Balaban J connectivity index is 1.45. The zero-order valence-electron chi connectivity index (χ0n) is 18.7. The van der Waals surface area contributed by atoms with Crippen molar-refractivity contribution in [2.45, 2.75) is 50.3 Å². The van der Waals surface area contributed by atoms with Crippen LogP contribution in [0, 0.1) is 6.92 Å². The predicted octanol–water partition coefficient (Wildman–Crippen LogP) is 2.21. The zero-order valence-corrected chi connectivity index (χ0v) is 18.7. The van der Waals surface area contributed by atoms with Gasteiger partial charge in [-0.1, -0.05) is 66.7 Å². The minimum absolute atomic E-state index is 0.236. The van der Waals surface area contributed by atoms with Gasteiger partial charge in [0.05, 0.1) is 13.2 Å². The Morgan fingerprint density at radius 1 is 1.03 bits per heavy atom. The van der Waals surface area contributed by atoms with Gasteiger partial charge in [0.15, 0.2) is 6.23 Å². The highest BCUT2D eigenvalue weighted by Gasteiger charge is 2.62. The summed E-state index contributed by atoms with van der Waals surface area (Å²) in [4.78, 5) is 26.7. The molecular formula is C26H26N2O6. The lowest BCUT2D eigenvalue weighted by molar-refractivity contribution is -0.129. The Labute approximate surface area is 196 Å². The van der Waals surface area contributed by atoms with E-state index in [1.165, 1.54) is 10.8 Å². The molecule has 0 radical (unpaired) electrons. The van der Waals surface area contributed by atoms with E-state index in [2.05, 4.69) is 4.98 Å². The number of hydrogen-bond acceptors (Lipinski definition) is 6. The van der Waals surface area contributed by atoms with Crippen LogP contribution in [0.15, 0.2) is 88.6 Å². The van der Waals surface area contributed by atoms with Crippen molar-refractivity contribution in [1.82, 2.24) is 9.55 Å². The first-order chi connectivity index (χ1) is 16.5. The van der Waals surface area contributed by atoms with Crippen LogP contribution in [0.5, 0.6) is 0 Å². The lowest BCUT2D eigenvalue weighted by Gasteiger charge is -2.32. The maximum Gasteiger partial charge on any atom is 0.330 e. The van der Waals surface area contributed by atoms with Crippen molar-refractivity contribution in [3.8, 4) is 0 Å². The van der Waals surface area contributed by atoms with Crippen molar-refractivity contribution in [2.75, 3.05) is 0 Å².